The van der Waals surface area contributed by atoms with Crippen LogP contribution in [0.15, 0.2) is 66.9 Å². The molecule has 31 heavy (non-hydrogen) atoms. The molecule has 1 N–H and O–H groups in total. The minimum atomic E-state index is -0.825. The first-order valence-electron chi connectivity index (χ1n) is 10.8. The molecule has 2 heterocycles. The van der Waals surface area contributed by atoms with Crippen LogP contribution < -0.4 is 4.74 Å². The summed E-state index contributed by atoms with van der Waals surface area (Å²) in [5.74, 6) is -0.119. The number of carboxylic acids is 1. The maximum atomic E-state index is 12.2. The van der Waals surface area contributed by atoms with Crippen molar-refractivity contribution in [2.24, 2.45) is 0 Å². The quantitative estimate of drug-likeness (QED) is 0.588. The van der Waals surface area contributed by atoms with E-state index in [1.54, 1.807) is 0 Å². The number of rotatable bonds is 8. The van der Waals surface area contributed by atoms with Gasteiger partial charge in [-0.1, -0.05) is 49.4 Å². The molecule has 2 aromatic carbocycles. The molecule has 0 amide bonds. The van der Waals surface area contributed by atoms with Crippen LogP contribution in [0.5, 0.6) is 5.75 Å². The molecular formula is C26H28N2O3. The molecule has 1 aromatic heterocycles. The van der Waals surface area contributed by atoms with Gasteiger partial charge in [0.25, 0.3) is 0 Å². The first-order chi connectivity index (χ1) is 15.1. The molecule has 0 bridgehead atoms. The fourth-order valence-electron chi connectivity index (χ4n) is 4.10. The largest absolute Gasteiger partial charge is 0.493 e. The molecule has 5 heteroatoms. The number of fused-ring (bicyclic) bond motifs is 1. The van der Waals surface area contributed by atoms with E-state index in [1.807, 2.05) is 65.7 Å². The van der Waals surface area contributed by atoms with E-state index >= 15 is 0 Å². The van der Waals surface area contributed by atoms with Crippen LogP contribution in [-0.4, -0.2) is 34.1 Å². The lowest BCUT2D eigenvalue weighted by Crippen LogP contribution is -2.39. The summed E-state index contributed by atoms with van der Waals surface area (Å²) < 4.78 is 5.96. The number of carboxylic acid groups (broad SMARTS) is 1. The summed E-state index contributed by atoms with van der Waals surface area (Å²) in [5.41, 5.74) is 5.25. The molecule has 0 aliphatic carbocycles. The monoisotopic (exact) mass is 416 g/mol. The van der Waals surface area contributed by atoms with Gasteiger partial charge in [0.1, 0.15) is 11.8 Å². The van der Waals surface area contributed by atoms with E-state index in [9.17, 15) is 9.90 Å². The van der Waals surface area contributed by atoms with Gasteiger partial charge in [0.05, 0.1) is 6.61 Å². The summed E-state index contributed by atoms with van der Waals surface area (Å²) in [5, 5.41) is 10.0. The van der Waals surface area contributed by atoms with Crippen molar-refractivity contribution >= 4 is 5.97 Å². The Labute approximate surface area is 183 Å². The van der Waals surface area contributed by atoms with Crippen molar-refractivity contribution in [3.63, 3.8) is 0 Å². The highest BCUT2D eigenvalue weighted by Gasteiger charge is 2.33. The van der Waals surface area contributed by atoms with Gasteiger partial charge in [0, 0.05) is 31.4 Å². The zero-order valence-corrected chi connectivity index (χ0v) is 17.8. The molecule has 1 unspecified atom stereocenters. The molecule has 1 aliphatic heterocycles. The molecule has 0 spiro atoms. The van der Waals surface area contributed by atoms with Crippen molar-refractivity contribution in [1.29, 1.82) is 0 Å². The van der Waals surface area contributed by atoms with Gasteiger partial charge in [-0.25, -0.2) is 0 Å². The van der Waals surface area contributed by atoms with Crippen molar-refractivity contribution < 1.29 is 14.6 Å². The van der Waals surface area contributed by atoms with Gasteiger partial charge in [0.2, 0.25) is 0 Å². The Morgan fingerprint density at radius 2 is 1.97 bits per heavy atom. The second kappa shape index (κ2) is 9.75. The third-order valence-electron chi connectivity index (χ3n) is 5.83. The van der Waals surface area contributed by atoms with Gasteiger partial charge in [0.15, 0.2) is 0 Å². The highest BCUT2D eigenvalue weighted by molar-refractivity contribution is 5.77. The lowest BCUT2D eigenvalue weighted by molar-refractivity contribution is -0.144. The van der Waals surface area contributed by atoms with Gasteiger partial charge in [-0.3, -0.25) is 14.7 Å². The molecule has 5 nitrogen and oxygen atoms in total. The number of pyridine rings is 1. The molecule has 1 aliphatic rings. The number of benzene rings is 2. The number of hydrogen-bond donors (Lipinski definition) is 1. The van der Waals surface area contributed by atoms with E-state index < -0.39 is 12.0 Å². The smallest absolute Gasteiger partial charge is 0.325 e. The van der Waals surface area contributed by atoms with Gasteiger partial charge < -0.3 is 9.84 Å². The zero-order chi connectivity index (χ0) is 21.6. The van der Waals surface area contributed by atoms with Crippen LogP contribution >= 0.6 is 0 Å². The van der Waals surface area contributed by atoms with Crippen LogP contribution in [0.4, 0.5) is 0 Å². The van der Waals surface area contributed by atoms with Crippen molar-refractivity contribution in [1.82, 2.24) is 9.88 Å². The minimum Gasteiger partial charge on any atom is -0.493 e. The molecule has 160 valence electrons. The van der Waals surface area contributed by atoms with Crippen molar-refractivity contribution in [2.75, 3.05) is 13.2 Å². The maximum absolute atomic E-state index is 12.2. The summed E-state index contributed by atoms with van der Waals surface area (Å²) in [6.07, 6.45) is 4.43. The average Bonchev–Trinajstić information content (AvgIpc) is 2.79. The number of hydrogen-bond acceptors (Lipinski definition) is 4. The first kappa shape index (κ1) is 21.1. The van der Waals surface area contributed by atoms with Crippen molar-refractivity contribution in [2.45, 2.75) is 38.8 Å². The Balaban J connectivity index is 1.46. The number of aliphatic carboxylic acids is 1. The predicted molar refractivity (Wildman–Crippen MR) is 120 cm³/mol. The molecular weight excluding hydrogens is 388 g/mol. The van der Waals surface area contributed by atoms with Crippen molar-refractivity contribution in [3.05, 3.63) is 94.8 Å². The highest BCUT2D eigenvalue weighted by atomic mass is 16.5. The lowest BCUT2D eigenvalue weighted by Gasteiger charge is -2.35. The fraction of sp³-hybridized carbons (Fsp3) is 0.308. The van der Waals surface area contributed by atoms with E-state index in [1.165, 1.54) is 5.56 Å². The van der Waals surface area contributed by atoms with Gasteiger partial charge in [-0.15, -0.1) is 0 Å². The summed E-state index contributed by atoms with van der Waals surface area (Å²) >= 11 is 0. The molecule has 4 rings (SSSR count). The Hall–Kier alpha value is -3.18. The summed E-state index contributed by atoms with van der Waals surface area (Å²) in [6, 6.07) is 19.3. The molecule has 1 atom stereocenters. The third kappa shape index (κ3) is 5.12. The first-order valence-corrected chi connectivity index (χ1v) is 10.8. The van der Waals surface area contributed by atoms with Gasteiger partial charge >= 0.3 is 5.97 Å². The number of nitrogens with zero attached hydrogens (tertiary/aromatic N) is 2. The maximum Gasteiger partial charge on any atom is 0.325 e. The fourth-order valence-corrected chi connectivity index (χ4v) is 4.10. The molecule has 0 saturated carbocycles. The molecule has 3 aromatic rings. The van der Waals surface area contributed by atoms with E-state index in [4.69, 9.17) is 4.74 Å². The normalized spacial score (nSPS) is 16.0. The van der Waals surface area contributed by atoms with E-state index in [0.29, 0.717) is 25.3 Å². The second-order valence-corrected chi connectivity index (χ2v) is 7.92. The summed E-state index contributed by atoms with van der Waals surface area (Å²) in [6.45, 7) is 3.95. The number of aryl methyl sites for hydroxylation is 1. The summed E-state index contributed by atoms with van der Waals surface area (Å²) in [7, 11) is 0. The summed E-state index contributed by atoms with van der Waals surface area (Å²) in [4.78, 5) is 18.7. The van der Waals surface area contributed by atoms with Crippen LogP contribution in [0.2, 0.25) is 0 Å². The van der Waals surface area contributed by atoms with E-state index in [2.05, 4.69) is 18.0 Å². The highest BCUT2D eigenvalue weighted by Crippen LogP contribution is 2.33. The SMILES string of the molecule is CCc1ccc(CCOc2ccc3c(c2)C(C(=O)O)N(Cc2ccccc2)CC3)nc1. The number of aromatic nitrogens is 1. The molecule has 0 saturated heterocycles. The Morgan fingerprint density at radius 1 is 1.13 bits per heavy atom. The van der Waals surface area contributed by atoms with Crippen LogP contribution in [0, 0.1) is 0 Å². The van der Waals surface area contributed by atoms with Gasteiger partial charge in [-0.2, -0.15) is 0 Å². The molecule has 0 fully saturated rings. The Bertz CT molecular complexity index is 1020. The van der Waals surface area contributed by atoms with Crippen molar-refractivity contribution in [3.8, 4) is 5.75 Å². The second-order valence-electron chi connectivity index (χ2n) is 7.92. The van der Waals surface area contributed by atoms with Crippen LogP contribution in [0.3, 0.4) is 0 Å². The Kier molecular flexibility index (Phi) is 6.63. The minimum absolute atomic E-state index is 0.503. The van der Waals surface area contributed by atoms with E-state index in [0.717, 1.165) is 41.8 Å². The van der Waals surface area contributed by atoms with Crippen LogP contribution in [0.25, 0.3) is 0 Å². The lowest BCUT2D eigenvalue weighted by atomic mass is 9.92. The van der Waals surface area contributed by atoms with E-state index in [-0.39, 0.29) is 0 Å². The topological polar surface area (TPSA) is 62.7 Å². The Morgan fingerprint density at radius 3 is 2.68 bits per heavy atom. The number of ether oxygens (including phenoxy) is 1. The average molecular weight is 417 g/mol. The zero-order valence-electron chi connectivity index (χ0n) is 17.8. The molecule has 0 radical (unpaired) electrons. The predicted octanol–water partition coefficient (Wildman–Crippen LogP) is 4.45. The van der Waals surface area contributed by atoms with Crippen LogP contribution in [-0.2, 0) is 30.6 Å². The number of carbonyl (C=O) groups is 1. The third-order valence-corrected chi connectivity index (χ3v) is 5.83. The van der Waals surface area contributed by atoms with Gasteiger partial charge in [-0.05, 0) is 53.3 Å². The van der Waals surface area contributed by atoms with Crippen LogP contribution in [0.1, 0.15) is 40.9 Å². The standard InChI is InChI=1S/C26H28N2O3/c1-2-19-8-10-22(27-17-19)13-15-31-23-11-9-21-12-14-28(18-20-6-4-3-5-7-20)25(26(29)30)24(21)16-23/h3-11,16-17,25H,2,12-15,18H2,1H3,(H,29,30).